The van der Waals surface area contributed by atoms with Crippen LogP contribution in [0.25, 0.3) is 11.0 Å². The average molecular weight is 333 g/mol. The number of aromatic nitrogens is 2. The predicted molar refractivity (Wildman–Crippen MR) is 88.5 cm³/mol. The molecule has 2 N–H and O–H groups in total. The number of aryl methyl sites for hydroxylation is 2. The second-order valence-corrected chi connectivity index (χ2v) is 6.01. The third-order valence-corrected chi connectivity index (χ3v) is 4.49. The highest BCUT2D eigenvalue weighted by Gasteiger charge is 2.29. The van der Waals surface area contributed by atoms with E-state index in [0.29, 0.717) is 30.7 Å². The molecule has 0 bridgehead atoms. The van der Waals surface area contributed by atoms with Crippen LogP contribution in [0.5, 0.6) is 0 Å². The van der Waals surface area contributed by atoms with Crippen LogP contribution in [-0.4, -0.2) is 44.8 Å². The lowest BCUT2D eigenvalue weighted by molar-refractivity contribution is -0.384. The molecule has 1 aliphatic rings. The summed E-state index contributed by atoms with van der Waals surface area (Å²) >= 11 is 0. The minimum atomic E-state index is -1.08. The Balaban J connectivity index is 2.09. The van der Waals surface area contributed by atoms with Crippen LogP contribution in [0, 0.1) is 17.0 Å². The lowest BCUT2D eigenvalue weighted by Crippen LogP contribution is -2.47. The van der Waals surface area contributed by atoms with Crippen LogP contribution in [-0.2, 0) is 7.05 Å². The molecule has 1 aliphatic heterocycles. The molecule has 9 nitrogen and oxygen atoms in total. The molecule has 3 rings (SSSR count). The van der Waals surface area contributed by atoms with Crippen molar-refractivity contribution in [3.8, 4) is 0 Å². The smallest absolute Gasteiger partial charge is 0.404 e. The van der Waals surface area contributed by atoms with E-state index in [-0.39, 0.29) is 11.7 Å². The van der Waals surface area contributed by atoms with Crippen molar-refractivity contribution >= 4 is 28.5 Å². The maximum Gasteiger partial charge on any atom is 0.404 e. The van der Waals surface area contributed by atoms with Crippen LogP contribution >= 0.6 is 0 Å². The fourth-order valence-corrected chi connectivity index (χ4v) is 3.28. The number of nitrogens with zero attached hydrogens (tertiary/aromatic N) is 4. The molecule has 0 aliphatic carbocycles. The van der Waals surface area contributed by atoms with Gasteiger partial charge in [-0.1, -0.05) is 0 Å². The SMILES string of the molecule is Cc1nc2c(N3CCCC(NC(=O)O)C3)c([N+](=O)[O-])ccc2n1C. The van der Waals surface area contributed by atoms with Gasteiger partial charge in [0.2, 0.25) is 0 Å². The van der Waals surface area contributed by atoms with Gasteiger partial charge in [0.15, 0.2) is 0 Å². The lowest BCUT2D eigenvalue weighted by atomic mass is 10.0. The third-order valence-electron chi connectivity index (χ3n) is 4.49. The molecule has 24 heavy (non-hydrogen) atoms. The van der Waals surface area contributed by atoms with Crippen LogP contribution in [0.4, 0.5) is 16.2 Å². The normalized spacial score (nSPS) is 17.9. The van der Waals surface area contributed by atoms with Crippen LogP contribution in [0.1, 0.15) is 18.7 Å². The number of benzene rings is 1. The highest BCUT2D eigenvalue weighted by Crippen LogP contribution is 2.37. The van der Waals surface area contributed by atoms with Crippen molar-refractivity contribution in [2.75, 3.05) is 18.0 Å². The largest absolute Gasteiger partial charge is 0.465 e. The molecule has 1 fully saturated rings. The van der Waals surface area contributed by atoms with E-state index in [9.17, 15) is 14.9 Å². The van der Waals surface area contributed by atoms with Gasteiger partial charge >= 0.3 is 6.09 Å². The molecule has 0 spiro atoms. The Morgan fingerprint density at radius 3 is 2.92 bits per heavy atom. The van der Waals surface area contributed by atoms with E-state index >= 15 is 0 Å². The Kier molecular flexibility index (Phi) is 4.00. The molecule has 1 aromatic heterocycles. The van der Waals surface area contributed by atoms with Crippen molar-refractivity contribution in [2.45, 2.75) is 25.8 Å². The number of amides is 1. The fourth-order valence-electron chi connectivity index (χ4n) is 3.28. The molecule has 2 heterocycles. The standard InChI is InChI=1S/C15H19N5O4/c1-9-16-13-11(18(9)2)5-6-12(20(23)24)14(13)19-7-3-4-10(8-19)17-15(21)22/h5-6,10,17H,3-4,7-8H2,1-2H3,(H,21,22). The summed E-state index contributed by atoms with van der Waals surface area (Å²) in [6.07, 6.45) is 0.390. The Labute approximate surface area is 138 Å². The summed E-state index contributed by atoms with van der Waals surface area (Å²) in [5.41, 5.74) is 1.87. The minimum Gasteiger partial charge on any atom is -0.465 e. The van der Waals surface area contributed by atoms with E-state index in [1.807, 2.05) is 23.4 Å². The second-order valence-electron chi connectivity index (χ2n) is 6.01. The van der Waals surface area contributed by atoms with Gasteiger partial charge in [0, 0.05) is 32.2 Å². The molecule has 1 amide bonds. The average Bonchev–Trinajstić information content (AvgIpc) is 2.81. The number of hydrogen-bond donors (Lipinski definition) is 2. The lowest BCUT2D eigenvalue weighted by Gasteiger charge is -2.33. The maximum absolute atomic E-state index is 11.5. The number of nitro groups is 1. The molecule has 0 saturated carbocycles. The summed E-state index contributed by atoms with van der Waals surface area (Å²) < 4.78 is 1.89. The summed E-state index contributed by atoms with van der Waals surface area (Å²) in [7, 11) is 1.87. The van der Waals surface area contributed by atoms with E-state index in [2.05, 4.69) is 10.3 Å². The highest BCUT2D eigenvalue weighted by atomic mass is 16.6. The highest BCUT2D eigenvalue weighted by molar-refractivity contribution is 5.95. The molecule has 128 valence electrons. The number of nitro benzene ring substituents is 1. The van der Waals surface area contributed by atoms with Gasteiger partial charge in [0.05, 0.1) is 10.4 Å². The topological polar surface area (TPSA) is 114 Å². The number of fused-ring (bicyclic) bond motifs is 1. The van der Waals surface area contributed by atoms with Gasteiger partial charge in [-0.25, -0.2) is 9.78 Å². The first-order valence-electron chi connectivity index (χ1n) is 7.73. The van der Waals surface area contributed by atoms with E-state index in [0.717, 1.165) is 17.8 Å². The van der Waals surface area contributed by atoms with Gasteiger partial charge in [-0.05, 0) is 25.8 Å². The van der Waals surface area contributed by atoms with E-state index in [1.54, 1.807) is 6.07 Å². The van der Waals surface area contributed by atoms with Gasteiger partial charge in [0.25, 0.3) is 5.69 Å². The molecule has 0 radical (unpaired) electrons. The molecule has 2 aromatic rings. The van der Waals surface area contributed by atoms with Gasteiger partial charge in [-0.3, -0.25) is 10.1 Å². The number of hydrogen-bond acceptors (Lipinski definition) is 5. The van der Waals surface area contributed by atoms with Gasteiger partial charge < -0.3 is 19.9 Å². The van der Waals surface area contributed by atoms with E-state index < -0.39 is 11.0 Å². The molecule has 1 saturated heterocycles. The number of carboxylic acid groups (broad SMARTS) is 1. The summed E-state index contributed by atoms with van der Waals surface area (Å²) in [5.74, 6) is 0.768. The number of piperidine rings is 1. The van der Waals surface area contributed by atoms with Crippen LogP contribution in [0.15, 0.2) is 12.1 Å². The molecule has 9 heteroatoms. The number of carbonyl (C=O) groups is 1. The molecular weight excluding hydrogens is 314 g/mol. The van der Waals surface area contributed by atoms with E-state index in [1.165, 1.54) is 6.07 Å². The summed E-state index contributed by atoms with van der Waals surface area (Å²) in [5, 5.41) is 22.9. The summed E-state index contributed by atoms with van der Waals surface area (Å²) in [4.78, 5) is 28.3. The monoisotopic (exact) mass is 333 g/mol. The molecule has 1 unspecified atom stereocenters. The summed E-state index contributed by atoms with van der Waals surface area (Å²) in [6, 6.07) is 2.94. The van der Waals surface area contributed by atoms with Gasteiger partial charge in [0.1, 0.15) is 17.0 Å². The minimum absolute atomic E-state index is 0.00317. The van der Waals surface area contributed by atoms with Crippen molar-refractivity contribution in [3.05, 3.63) is 28.1 Å². The Hall–Kier alpha value is -2.84. The molecular formula is C15H19N5O4. The van der Waals surface area contributed by atoms with Crippen LogP contribution in [0.2, 0.25) is 0 Å². The van der Waals surface area contributed by atoms with Crippen molar-refractivity contribution in [3.63, 3.8) is 0 Å². The van der Waals surface area contributed by atoms with Crippen LogP contribution in [0.3, 0.4) is 0 Å². The second kappa shape index (κ2) is 5.99. The van der Waals surface area contributed by atoms with Gasteiger partial charge in [-0.15, -0.1) is 0 Å². The van der Waals surface area contributed by atoms with Crippen LogP contribution < -0.4 is 10.2 Å². The third kappa shape index (κ3) is 2.72. The predicted octanol–water partition coefficient (Wildman–Crippen LogP) is 2.03. The van der Waals surface area contributed by atoms with Gasteiger partial charge in [-0.2, -0.15) is 0 Å². The molecule has 1 atom stereocenters. The van der Waals surface area contributed by atoms with Crippen molar-refractivity contribution < 1.29 is 14.8 Å². The number of imidazole rings is 1. The maximum atomic E-state index is 11.5. The quantitative estimate of drug-likeness (QED) is 0.656. The first-order valence-corrected chi connectivity index (χ1v) is 7.73. The zero-order valence-corrected chi connectivity index (χ0v) is 13.5. The van der Waals surface area contributed by atoms with Crippen molar-refractivity contribution in [1.82, 2.24) is 14.9 Å². The fraction of sp³-hybridized carbons (Fsp3) is 0.467. The number of rotatable bonds is 3. The molecule has 1 aromatic carbocycles. The van der Waals surface area contributed by atoms with E-state index in [4.69, 9.17) is 5.11 Å². The first kappa shape index (κ1) is 16.0. The Morgan fingerprint density at radius 1 is 1.50 bits per heavy atom. The number of nitrogens with one attached hydrogen (secondary N) is 1. The Morgan fingerprint density at radius 2 is 2.25 bits per heavy atom. The van der Waals surface area contributed by atoms with Crippen molar-refractivity contribution in [2.24, 2.45) is 7.05 Å². The summed E-state index contributed by atoms with van der Waals surface area (Å²) in [6.45, 7) is 2.87. The van der Waals surface area contributed by atoms with Crippen molar-refractivity contribution in [1.29, 1.82) is 0 Å². The number of anilines is 1. The zero-order valence-electron chi connectivity index (χ0n) is 13.5. The first-order chi connectivity index (χ1) is 11.4. The Bertz CT molecular complexity index is 816. The zero-order chi connectivity index (χ0) is 17.4.